The molecule has 0 aliphatic carbocycles. The Morgan fingerprint density at radius 3 is 2.76 bits per heavy atom. The number of amides is 1. The predicted molar refractivity (Wildman–Crippen MR) is 67.5 cm³/mol. The first-order valence-corrected chi connectivity index (χ1v) is 5.82. The first-order valence-electron chi connectivity index (χ1n) is 5.82. The summed E-state index contributed by atoms with van der Waals surface area (Å²) < 4.78 is 13.2. The number of halogens is 1. The molecule has 0 fully saturated rings. The highest BCUT2D eigenvalue weighted by molar-refractivity contribution is 5.91. The second kappa shape index (κ2) is 6.35. The topological polar surface area (TPSA) is 41.1 Å². The van der Waals surface area contributed by atoms with Crippen molar-refractivity contribution in [3.8, 4) is 0 Å². The van der Waals surface area contributed by atoms with Crippen LogP contribution in [0.2, 0.25) is 0 Å². The standard InChI is InChI=1S/C13H19FN2O/c1-4-15-10(3)7-13(17)16-11-6-5-9(2)12(14)8-11/h5-6,8,10,15H,4,7H2,1-3H3,(H,16,17). The number of anilines is 1. The zero-order chi connectivity index (χ0) is 12.8. The quantitative estimate of drug-likeness (QED) is 0.827. The number of aryl methyl sites for hydroxylation is 1. The number of carbonyl (C=O) groups excluding carboxylic acids is 1. The van der Waals surface area contributed by atoms with Crippen LogP contribution in [0, 0.1) is 12.7 Å². The van der Waals surface area contributed by atoms with Gasteiger partial charge in [0.25, 0.3) is 0 Å². The minimum absolute atomic E-state index is 0.110. The van der Waals surface area contributed by atoms with E-state index in [1.165, 1.54) is 6.07 Å². The number of rotatable bonds is 5. The average Bonchev–Trinajstić information content (AvgIpc) is 2.23. The van der Waals surface area contributed by atoms with Crippen molar-refractivity contribution in [3.05, 3.63) is 29.6 Å². The average molecular weight is 238 g/mol. The summed E-state index contributed by atoms with van der Waals surface area (Å²) in [6.07, 6.45) is 0.378. The van der Waals surface area contributed by atoms with Gasteiger partial charge in [0.1, 0.15) is 5.82 Å². The Morgan fingerprint density at radius 2 is 2.18 bits per heavy atom. The van der Waals surface area contributed by atoms with E-state index in [1.807, 2.05) is 13.8 Å². The van der Waals surface area contributed by atoms with E-state index >= 15 is 0 Å². The van der Waals surface area contributed by atoms with Crippen molar-refractivity contribution >= 4 is 11.6 Å². The van der Waals surface area contributed by atoms with Crippen molar-refractivity contribution in [3.63, 3.8) is 0 Å². The van der Waals surface area contributed by atoms with Crippen LogP contribution in [-0.4, -0.2) is 18.5 Å². The summed E-state index contributed by atoms with van der Waals surface area (Å²) in [5, 5.41) is 5.83. The molecule has 0 heterocycles. The Labute approximate surface area is 101 Å². The molecule has 0 aliphatic rings. The highest BCUT2D eigenvalue weighted by Gasteiger charge is 2.08. The Bertz CT molecular complexity index is 393. The molecule has 1 aromatic carbocycles. The van der Waals surface area contributed by atoms with Crippen molar-refractivity contribution in [1.82, 2.24) is 5.32 Å². The van der Waals surface area contributed by atoms with E-state index in [1.54, 1.807) is 19.1 Å². The Balaban J connectivity index is 2.53. The Hall–Kier alpha value is -1.42. The molecule has 0 spiro atoms. The smallest absolute Gasteiger partial charge is 0.225 e. The van der Waals surface area contributed by atoms with Crippen LogP contribution in [0.15, 0.2) is 18.2 Å². The van der Waals surface area contributed by atoms with E-state index in [9.17, 15) is 9.18 Å². The lowest BCUT2D eigenvalue weighted by atomic mass is 10.2. The monoisotopic (exact) mass is 238 g/mol. The number of benzene rings is 1. The van der Waals surface area contributed by atoms with Gasteiger partial charge in [-0.05, 0) is 38.1 Å². The fourth-order valence-corrected chi connectivity index (χ4v) is 1.58. The van der Waals surface area contributed by atoms with E-state index in [4.69, 9.17) is 0 Å². The summed E-state index contributed by atoms with van der Waals surface area (Å²) in [5.74, 6) is -0.413. The van der Waals surface area contributed by atoms with E-state index in [2.05, 4.69) is 10.6 Å². The van der Waals surface area contributed by atoms with Gasteiger partial charge in [0, 0.05) is 18.2 Å². The molecule has 17 heavy (non-hydrogen) atoms. The van der Waals surface area contributed by atoms with Crippen LogP contribution in [0.4, 0.5) is 10.1 Å². The third-order valence-corrected chi connectivity index (χ3v) is 2.50. The molecule has 1 amide bonds. The molecule has 0 saturated carbocycles. The highest BCUT2D eigenvalue weighted by Crippen LogP contribution is 2.13. The summed E-state index contributed by atoms with van der Waals surface area (Å²) in [7, 11) is 0. The van der Waals surface area contributed by atoms with Crippen LogP contribution in [0.5, 0.6) is 0 Å². The molecule has 0 radical (unpaired) electrons. The lowest BCUT2D eigenvalue weighted by Gasteiger charge is -2.12. The second-order valence-electron chi connectivity index (χ2n) is 4.17. The number of nitrogens with one attached hydrogen (secondary N) is 2. The van der Waals surface area contributed by atoms with Gasteiger partial charge in [0.05, 0.1) is 0 Å². The molecular weight excluding hydrogens is 219 g/mol. The van der Waals surface area contributed by atoms with E-state index in [-0.39, 0.29) is 17.8 Å². The van der Waals surface area contributed by atoms with Crippen LogP contribution in [0.3, 0.4) is 0 Å². The second-order valence-corrected chi connectivity index (χ2v) is 4.17. The van der Waals surface area contributed by atoms with Gasteiger partial charge >= 0.3 is 0 Å². The van der Waals surface area contributed by atoms with Gasteiger partial charge in [-0.3, -0.25) is 4.79 Å². The molecule has 0 saturated heterocycles. The number of carbonyl (C=O) groups is 1. The molecule has 0 bridgehead atoms. The molecular formula is C13H19FN2O. The van der Waals surface area contributed by atoms with Gasteiger partial charge in [-0.15, -0.1) is 0 Å². The Kier molecular flexibility index (Phi) is 5.10. The summed E-state index contributed by atoms with van der Waals surface area (Å²) >= 11 is 0. The van der Waals surface area contributed by atoms with Crippen LogP contribution >= 0.6 is 0 Å². The van der Waals surface area contributed by atoms with Gasteiger partial charge in [-0.1, -0.05) is 13.0 Å². The predicted octanol–water partition coefficient (Wildman–Crippen LogP) is 2.46. The third-order valence-electron chi connectivity index (χ3n) is 2.50. The lowest BCUT2D eigenvalue weighted by molar-refractivity contribution is -0.116. The molecule has 1 atom stereocenters. The minimum Gasteiger partial charge on any atom is -0.326 e. The van der Waals surface area contributed by atoms with Crippen molar-refractivity contribution in [2.24, 2.45) is 0 Å². The maximum absolute atomic E-state index is 13.2. The summed E-state index contributed by atoms with van der Waals surface area (Å²) in [4.78, 5) is 11.6. The zero-order valence-corrected chi connectivity index (χ0v) is 10.5. The maximum Gasteiger partial charge on any atom is 0.225 e. The van der Waals surface area contributed by atoms with E-state index in [0.717, 1.165) is 6.54 Å². The largest absolute Gasteiger partial charge is 0.326 e. The van der Waals surface area contributed by atoms with Gasteiger partial charge in [-0.2, -0.15) is 0 Å². The molecule has 4 heteroatoms. The highest BCUT2D eigenvalue weighted by atomic mass is 19.1. The third kappa shape index (κ3) is 4.53. The molecule has 3 nitrogen and oxygen atoms in total. The molecule has 94 valence electrons. The van der Waals surface area contributed by atoms with Crippen LogP contribution in [0.1, 0.15) is 25.8 Å². The molecule has 2 N–H and O–H groups in total. The van der Waals surface area contributed by atoms with Crippen LogP contribution in [0.25, 0.3) is 0 Å². The fraction of sp³-hybridized carbons (Fsp3) is 0.462. The maximum atomic E-state index is 13.2. The summed E-state index contributed by atoms with van der Waals surface area (Å²) in [5.41, 5.74) is 1.07. The fourth-order valence-electron chi connectivity index (χ4n) is 1.58. The van der Waals surface area contributed by atoms with E-state index in [0.29, 0.717) is 17.7 Å². The normalized spacial score (nSPS) is 12.2. The molecule has 0 aromatic heterocycles. The van der Waals surface area contributed by atoms with Gasteiger partial charge < -0.3 is 10.6 Å². The van der Waals surface area contributed by atoms with Crippen molar-refractivity contribution in [1.29, 1.82) is 0 Å². The number of hydrogen-bond acceptors (Lipinski definition) is 2. The summed E-state index contributed by atoms with van der Waals surface area (Å²) in [6, 6.07) is 4.81. The van der Waals surface area contributed by atoms with Crippen molar-refractivity contribution in [2.45, 2.75) is 33.2 Å². The molecule has 1 aromatic rings. The van der Waals surface area contributed by atoms with Crippen molar-refractivity contribution in [2.75, 3.05) is 11.9 Å². The zero-order valence-electron chi connectivity index (χ0n) is 10.5. The molecule has 0 aliphatic heterocycles. The lowest BCUT2D eigenvalue weighted by Crippen LogP contribution is -2.30. The van der Waals surface area contributed by atoms with E-state index < -0.39 is 0 Å². The number of hydrogen-bond donors (Lipinski definition) is 2. The van der Waals surface area contributed by atoms with Gasteiger partial charge in [0.15, 0.2) is 0 Å². The van der Waals surface area contributed by atoms with Crippen molar-refractivity contribution < 1.29 is 9.18 Å². The van der Waals surface area contributed by atoms with Crippen LogP contribution in [-0.2, 0) is 4.79 Å². The first-order chi connectivity index (χ1) is 8.02. The minimum atomic E-state index is -0.303. The van der Waals surface area contributed by atoms with Gasteiger partial charge in [0.2, 0.25) is 5.91 Å². The molecule has 1 unspecified atom stereocenters. The summed E-state index contributed by atoms with van der Waals surface area (Å²) in [6.45, 7) is 6.45. The SMILES string of the molecule is CCNC(C)CC(=O)Nc1ccc(C)c(F)c1. The van der Waals surface area contributed by atoms with Crippen LogP contribution < -0.4 is 10.6 Å². The Morgan fingerprint density at radius 1 is 1.47 bits per heavy atom. The first kappa shape index (κ1) is 13.6. The van der Waals surface area contributed by atoms with Gasteiger partial charge in [-0.25, -0.2) is 4.39 Å². The molecule has 1 rings (SSSR count).